The SMILES string of the molecule is CCOC(=O)[C@H](CCSC)NC(=O)C(CCO)Cc1ccc(O)cc1O. The molecule has 0 spiro atoms. The minimum absolute atomic E-state index is 0.0751. The van der Waals surface area contributed by atoms with Crippen LogP contribution in [0.2, 0.25) is 0 Å². The molecule has 2 atom stereocenters. The molecule has 4 N–H and O–H groups in total. The predicted octanol–water partition coefficient (Wildman–Crippen LogP) is 1.44. The minimum atomic E-state index is -0.746. The number of thioether (sulfide) groups is 1. The molecule has 1 aromatic carbocycles. The Bertz CT molecular complexity index is 595. The van der Waals surface area contributed by atoms with E-state index >= 15 is 0 Å². The summed E-state index contributed by atoms with van der Waals surface area (Å²) in [7, 11) is 0. The van der Waals surface area contributed by atoms with E-state index in [1.807, 2.05) is 6.26 Å². The first-order valence-electron chi connectivity index (χ1n) is 8.50. The molecule has 0 bridgehead atoms. The number of aliphatic hydroxyl groups is 1. The first kappa shape index (κ1) is 22.1. The van der Waals surface area contributed by atoms with Crippen LogP contribution in [0.4, 0.5) is 0 Å². The largest absolute Gasteiger partial charge is 0.508 e. The van der Waals surface area contributed by atoms with Gasteiger partial charge in [-0.1, -0.05) is 6.07 Å². The fraction of sp³-hybridized carbons (Fsp3) is 0.556. The van der Waals surface area contributed by atoms with Gasteiger partial charge in [0.05, 0.1) is 6.61 Å². The molecular formula is C18H27NO6S. The standard InChI is InChI=1S/C18H27NO6S/c1-3-25-18(24)15(7-9-26-2)19-17(23)13(6-8-20)10-12-4-5-14(21)11-16(12)22/h4-5,11,13,15,20-22H,3,6-10H2,1-2H3,(H,19,23)/t13?,15-/m0/s1. The monoisotopic (exact) mass is 385 g/mol. The van der Waals surface area contributed by atoms with Crippen LogP contribution in [0.5, 0.6) is 11.5 Å². The van der Waals surface area contributed by atoms with Crippen LogP contribution < -0.4 is 5.32 Å². The van der Waals surface area contributed by atoms with Gasteiger partial charge in [0.15, 0.2) is 0 Å². The summed E-state index contributed by atoms with van der Waals surface area (Å²) in [4.78, 5) is 24.7. The molecular weight excluding hydrogens is 358 g/mol. The van der Waals surface area contributed by atoms with Crippen LogP contribution in [0, 0.1) is 5.92 Å². The van der Waals surface area contributed by atoms with Crippen molar-refractivity contribution in [1.29, 1.82) is 0 Å². The van der Waals surface area contributed by atoms with Crippen LogP contribution in [0.1, 0.15) is 25.3 Å². The lowest BCUT2D eigenvalue weighted by atomic mass is 9.94. The summed E-state index contributed by atoms with van der Waals surface area (Å²) in [6.07, 6.45) is 2.72. The second-order valence-corrected chi connectivity index (χ2v) is 6.81. The predicted molar refractivity (Wildman–Crippen MR) is 100 cm³/mol. The van der Waals surface area contributed by atoms with Crippen molar-refractivity contribution in [3.63, 3.8) is 0 Å². The highest BCUT2D eigenvalue weighted by Crippen LogP contribution is 2.26. The lowest BCUT2D eigenvalue weighted by Crippen LogP contribution is -2.45. The Labute approximate surface area is 157 Å². The zero-order chi connectivity index (χ0) is 19.5. The molecule has 0 aliphatic carbocycles. The van der Waals surface area contributed by atoms with E-state index in [1.54, 1.807) is 18.7 Å². The molecule has 1 rings (SSSR count). The van der Waals surface area contributed by atoms with Crippen molar-refractivity contribution >= 4 is 23.6 Å². The van der Waals surface area contributed by atoms with E-state index in [1.165, 1.54) is 18.2 Å². The number of aliphatic hydroxyl groups excluding tert-OH is 1. The lowest BCUT2D eigenvalue weighted by Gasteiger charge is -2.21. The molecule has 0 radical (unpaired) electrons. The van der Waals surface area contributed by atoms with Gasteiger partial charge < -0.3 is 25.4 Å². The molecule has 7 nitrogen and oxygen atoms in total. The first-order chi connectivity index (χ1) is 12.4. The Kier molecular flexibility index (Phi) is 9.90. The fourth-order valence-corrected chi connectivity index (χ4v) is 2.96. The number of phenols is 2. The number of rotatable bonds is 11. The third-order valence-electron chi connectivity index (χ3n) is 3.88. The first-order valence-corrected chi connectivity index (χ1v) is 9.89. The van der Waals surface area contributed by atoms with E-state index in [0.29, 0.717) is 17.7 Å². The summed E-state index contributed by atoms with van der Waals surface area (Å²) in [5.74, 6) is -0.996. The van der Waals surface area contributed by atoms with Crippen molar-refractivity contribution in [3.05, 3.63) is 23.8 Å². The highest BCUT2D eigenvalue weighted by Gasteiger charge is 2.26. The number of esters is 1. The van der Waals surface area contributed by atoms with E-state index in [9.17, 15) is 24.9 Å². The number of benzene rings is 1. The summed E-state index contributed by atoms with van der Waals surface area (Å²) in [5, 5.41) is 31.3. The molecule has 0 saturated heterocycles. The van der Waals surface area contributed by atoms with E-state index in [-0.39, 0.29) is 43.5 Å². The number of nitrogens with one attached hydrogen (secondary N) is 1. The van der Waals surface area contributed by atoms with E-state index in [4.69, 9.17) is 4.74 Å². The average molecular weight is 385 g/mol. The van der Waals surface area contributed by atoms with E-state index in [0.717, 1.165) is 0 Å². The summed E-state index contributed by atoms with van der Waals surface area (Å²) in [5.41, 5.74) is 0.480. The number of hydrogen-bond donors (Lipinski definition) is 4. The molecule has 1 aromatic rings. The van der Waals surface area contributed by atoms with Gasteiger partial charge in [0.2, 0.25) is 5.91 Å². The second kappa shape index (κ2) is 11.6. The van der Waals surface area contributed by atoms with Crippen molar-refractivity contribution < 1.29 is 29.6 Å². The smallest absolute Gasteiger partial charge is 0.328 e. The van der Waals surface area contributed by atoms with Crippen LogP contribution in [0.15, 0.2) is 18.2 Å². The number of hydrogen-bond acceptors (Lipinski definition) is 7. The fourth-order valence-electron chi connectivity index (χ4n) is 2.49. The Hall–Kier alpha value is -1.93. The van der Waals surface area contributed by atoms with Gasteiger partial charge >= 0.3 is 5.97 Å². The summed E-state index contributed by atoms with van der Waals surface area (Å²) in [6.45, 7) is 1.73. The van der Waals surface area contributed by atoms with Crippen LogP contribution >= 0.6 is 11.8 Å². The third-order valence-corrected chi connectivity index (χ3v) is 4.53. The molecule has 8 heteroatoms. The van der Waals surface area contributed by atoms with Gasteiger partial charge in [0.1, 0.15) is 17.5 Å². The van der Waals surface area contributed by atoms with Crippen molar-refractivity contribution in [3.8, 4) is 11.5 Å². The summed E-state index contributed by atoms with van der Waals surface area (Å²) < 4.78 is 5.01. The molecule has 0 fully saturated rings. The molecule has 26 heavy (non-hydrogen) atoms. The Morgan fingerprint density at radius 2 is 2.00 bits per heavy atom. The van der Waals surface area contributed by atoms with E-state index < -0.39 is 17.9 Å². The highest BCUT2D eigenvalue weighted by molar-refractivity contribution is 7.98. The van der Waals surface area contributed by atoms with Gasteiger partial charge in [-0.3, -0.25) is 4.79 Å². The van der Waals surface area contributed by atoms with Gasteiger partial charge in [0.25, 0.3) is 0 Å². The number of carbonyl (C=O) groups excluding carboxylic acids is 2. The van der Waals surface area contributed by atoms with Crippen molar-refractivity contribution in [2.45, 2.75) is 32.2 Å². The highest BCUT2D eigenvalue weighted by atomic mass is 32.2. The number of amides is 1. The molecule has 0 heterocycles. The Morgan fingerprint density at radius 1 is 1.27 bits per heavy atom. The van der Waals surface area contributed by atoms with Gasteiger partial charge in [-0.25, -0.2) is 4.79 Å². The molecule has 0 aromatic heterocycles. The molecule has 0 aliphatic rings. The van der Waals surface area contributed by atoms with Gasteiger partial charge in [0, 0.05) is 18.6 Å². The van der Waals surface area contributed by atoms with Crippen molar-refractivity contribution in [2.24, 2.45) is 5.92 Å². The van der Waals surface area contributed by atoms with E-state index in [2.05, 4.69) is 5.32 Å². The van der Waals surface area contributed by atoms with Gasteiger partial charge in [-0.05, 0) is 49.8 Å². The second-order valence-electron chi connectivity index (χ2n) is 5.82. The average Bonchev–Trinajstić information content (AvgIpc) is 2.60. The zero-order valence-electron chi connectivity index (χ0n) is 15.1. The Morgan fingerprint density at radius 3 is 2.58 bits per heavy atom. The number of ether oxygens (including phenoxy) is 1. The third kappa shape index (κ3) is 7.13. The van der Waals surface area contributed by atoms with Gasteiger partial charge in [-0.15, -0.1) is 0 Å². The minimum Gasteiger partial charge on any atom is -0.508 e. The topological polar surface area (TPSA) is 116 Å². The zero-order valence-corrected chi connectivity index (χ0v) is 15.9. The van der Waals surface area contributed by atoms with Crippen LogP contribution in [-0.4, -0.2) is 58.5 Å². The number of phenolic OH excluding ortho intramolecular Hbond substituents is 2. The maximum atomic E-state index is 12.6. The summed E-state index contributed by atoms with van der Waals surface area (Å²) in [6, 6.07) is 3.40. The maximum absolute atomic E-state index is 12.6. The van der Waals surface area contributed by atoms with Crippen molar-refractivity contribution in [1.82, 2.24) is 5.32 Å². The van der Waals surface area contributed by atoms with Crippen LogP contribution in [0.3, 0.4) is 0 Å². The van der Waals surface area contributed by atoms with Crippen LogP contribution in [-0.2, 0) is 20.7 Å². The molecule has 0 saturated carbocycles. The molecule has 1 unspecified atom stereocenters. The number of aromatic hydroxyl groups is 2. The molecule has 1 amide bonds. The summed E-state index contributed by atoms with van der Waals surface area (Å²) >= 11 is 1.56. The normalized spacial score (nSPS) is 13.0. The Balaban J connectivity index is 2.85. The van der Waals surface area contributed by atoms with Crippen molar-refractivity contribution in [2.75, 3.05) is 25.2 Å². The van der Waals surface area contributed by atoms with Gasteiger partial charge in [-0.2, -0.15) is 11.8 Å². The molecule has 0 aliphatic heterocycles. The lowest BCUT2D eigenvalue weighted by molar-refractivity contribution is -0.148. The maximum Gasteiger partial charge on any atom is 0.328 e. The molecule has 146 valence electrons. The quantitative estimate of drug-likeness (QED) is 0.426. The van der Waals surface area contributed by atoms with Crippen LogP contribution in [0.25, 0.3) is 0 Å². The number of carbonyl (C=O) groups is 2.